The Hall–Kier alpha value is -1.23. The molecule has 0 spiro atoms. The van der Waals surface area contributed by atoms with Crippen molar-refractivity contribution >= 4 is 30.5 Å². The zero-order valence-corrected chi connectivity index (χ0v) is 28.7. The number of ether oxygens (including phenoxy) is 5. The molecular weight excluding hydrogens is 616 g/mol. The van der Waals surface area contributed by atoms with Gasteiger partial charge in [0.25, 0.3) is 0 Å². The number of carbonyl (C=O) groups is 1. The molecule has 1 aromatic rings. The van der Waals surface area contributed by atoms with E-state index < -0.39 is 8.32 Å². The number of halogens is 1. The summed E-state index contributed by atoms with van der Waals surface area (Å²) < 4.78 is 39.5. The van der Waals surface area contributed by atoms with E-state index in [9.17, 15) is 4.79 Å². The molecule has 0 aromatic heterocycles. The van der Waals surface area contributed by atoms with Crippen LogP contribution < -0.4 is 4.74 Å². The molecule has 3 aliphatic rings. The molecule has 6 atom stereocenters. The fourth-order valence-electron chi connectivity index (χ4n) is 5.83. The maximum Gasteiger partial charge on any atom is 0.199 e. The molecule has 4 rings (SSSR count). The first-order valence-corrected chi connectivity index (χ1v) is 19.5. The Labute approximate surface area is 262 Å². The zero-order chi connectivity index (χ0) is 30.2. The van der Waals surface area contributed by atoms with Gasteiger partial charge in [-0.1, -0.05) is 36.7 Å². The molecule has 0 bridgehead atoms. The van der Waals surface area contributed by atoms with Crippen LogP contribution in [0.4, 0.5) is 0 Å². The molecule has 0 N–H and O–H groups in total. The van der Waals surface area contributed by atoms with Crippen molar-refractivity contribution in [2.24, 2.45) is 11.8 Å². The molecule has 1 saturated carbocycles. The van der Waals surface area contributed by atoms with Crippen LogP contribution >= 0.6 is 15.9 Å². The van der Waals surface area contributed by atoms with Crippen LogP contribution in [0.3, 0.4) is 0 Å². The van der Waals surface area contributed by atoms with Gasteiger partial charge in [-0.3, -0.25) is 0 Å². The first kappa shape index (κ1) is 33.7. The topological polar surface area (TPSA) is 72.5 Å². The smallest absolute Gasteiger partial charge is 0.199 e. The molecule has 3 fully saturated rings. The second kappa shape index (κ2) is 15.7. The van der Waals surface area contributed by atoms with E-state index in [-0.39, 0.29) is 41.7 Å². The Morgan fingerprint density at radius 3 is 2.26 bits per heavy atom. The number of aldehydes is 1. The third-order valence-electron chi connectivity index (χ3n) is 9.17. The largest absolute Gasteiger partial charge is 0.493 e. The summed E-state index contributed by atoms with van der Waals surface area (Å²) in [6.45, 7) is 13.2. The van der Waals surface area contributed by atoms with E-state index in [1.165, 1.54) is 0 Å². The van der Waals surface area contributed by atoms with Crippen LogP contribution in [-0.4, -0.2) is 59.2 Å². The lowest BCUT2D eigenvalue weighted by molar-refractivity contribution is -0.201. The van der Waals surface area contributed by atoms with E-state index in [1.807, 2.05) is 24.3 Å². The summed E-state index contributed by atoms with van der Waals surface area (Å²) in [5, 5.41) is 0.0507. The molecule has 7 nitrogen and oxygen atoms in total. The Morgan fingerprint density at radius 1 is 1.00 bits per heavy atom. The highest BCUT2D eigenvalue weighted by Gasteiger charge is 2.51. The Balaban J connectivity index is 1.61. The molecule has 0 amide bonds. The summed E-state index contributed by atoms with van der Waals surface area (Å²) in [5.41, 5.74) is 0. The maximum atomic E-state index is 12.1. The maximum absolute atomic E-state index is 12.1. The van der Waals surface area contributed by atoms with Crippen LogP contribution in [0.15, 0.2) is 40.6 Å². The van der Waals surface area contributed by atoms with E-state index in [0.717, 1.165) is 60.8 Å². The fraction of sp³-hybridized carbons (Fsp3) is 0.727. The SMILES string of the molecule is CC(C)(C)[Si](C)(C)O[C@@H]1C[C@H](OC2CCCCO2)[C@H](/C(=C\CCOc2ccc(Br)cc2)OC2CCCCO2)[C@@H]1CC=O. The minimum absolute atomic E-state index is 0.0507. The summed E-state index contributed by atoms with van der Waals surface area (Å²) in [4.78, 5) is 12.1. The van der Waals surface area contributed by atoms with Crippen LogP contribution in [0, 0.1) is 11.8 Å². The highest BCUT2D eigenvalue weighted by atomic mass is 79.9. The number of hydrogen-bond donors (Lipinski definition) is 0. The average Bonchev–Trinajstić information content (AvgIpc) is 3.27. The van der Waals surface area contributed by atoms with E-state index in [2.05, 4.69) is 55.9 Å². The molecule has 2 heterocycles. The van der Waals surface area contributed by atoms with Crippen LogP contribution in [-0.2, 0) is 28.2 Å². The van der Waals surface area contributed by atoms with Gasteiger partial charge in [0.2, 0.25) is 0 Å². The van der Waals surface area contributed by atoms with Gasteiger partial charge >= 0.3 is 0 Å². The van der Waals surface area contributed by atoms with Crippen LogP contribution in [0.25, 0.3) is 0 Å². The van der Waals surface area contributed by atoms with Crippen molar-refractivity contribution in [2.45, 2.75) is 121 Å². The van der Waals surface area contributed by atoms with E-state index in [4.69, 9.17) is 28.1 Å². The lowest BCUT2D eigenvalue weighted by Gasteiger charge is -2.40. The molecule has 1 aromatic carbocycles. The van der Waals surface area contributed by atoms with E-state index in [0.29, 0.717) is 39.1 Å². The zero-order valence-electron chi connectivity index (χ0n) is 26.1. The first-order chi connectivity index (χ1) is 20.1. The summed E-state index contributed by atoms with van der Waals surface area (Å²) in [5.74, 6) is 1.44. The average molecular weight is 668 g/mol. The van der Waals surface area contributed by atoms with Crippen molar-refractivity contribution in [3.63, 3.8) is 0 Å². The van der Waals surface area contributed by atoms with Gasteiger partial charge in [0.1, 0.15) is 17.8 Å². The molecule has 9 heteroatoms. The van der Waals surface area contributed by atoms with Gasteiger partial charge in [-0.25, -0.2) is 0 Å². The van der Waals surface area contributed by atoms with Gasteiger partial charge < -0.3 is 32.9 Å². The van der Waals surface area contributed by atoms with Crippen molar-refractivity contribution in [1.29, 1.82) is 0 Å². The first-order valence-electron chi connectivity index (χ1n) is 15.8. The summed E-state index contributed by atoms with van der Waals surface area (Å²) in [7, 11) is -2.11. The normalized spacial score (nSPS) is 29.3. The van der Waals surface area contributed by atoms with Crippen LogP contribution in [0.2, 0.25) is 18.1 Å². The predicted octanol–water partition coefficient (Wildman–Crippen LogP) is 8.17. The fourth-order valence-corrected chi connectivity index (χ4v) is 7.48. The molecule has 2 aliphatic heterocycles. The van der Waals surface area contributed by atoms with Gasteiger partial charge in [-0.15, -0.1) is 0 Å². The highest BCUT2D eigenvalue weighted by molar-refractivity contribution is 9.10. The Morgan fingerprint density at radius 2 is 1.67 bits per heavy atom. The number of hydrogen-bond acceptors (Lipinski definition) is 7. The number of benzene rings is 1. The molecule has 0 radical (unpaired) electrons. The monoisotopic (exact) mass is 666 g/mol. The second-order valence-electron chi connectivity index (χ2n) is 13.3. The Kier molecular flexibility index (Phi) is 12.6. The summed E-state index contributed by atoms with van der Waals surface area (Å²) >= 11 is 3.48. The van der Waals surface area contributed by atoms with Crippen molar-refractivity contribution in [2.75, 3.05) is 19.8 Å². The minimum Gasteiger partial charge on any atom is -0.493 e. The predicted molar refractivity (Wildman–Crippen MR) is 170 cm³/mol. The molecule has 1 aliphatic carbocycles. The molecule has 2 saturated heterocycles. The van der Waals surface area contributed by atoms with Crippen LogP contribution in [0.5, 0.6) is 5.75 Å². The summed E-state index contributed by atoms with van der Waals surface area (Å²) in [6.07, 6.45) is 10.1. The lowest BCUT2D eigenvalue weighted by Crippen LogP contribution is -2.45. The quantitative estimate of drug-likeness (QED) is 0.0910. The Bertz CT molecular complexity index is 997. The molecule has 42 heavy (non-hydrogen) atoms. The minimum atomic E-state index is -2.11. The van der Waals surface area contributed by atoms with Crippen LogP contribution in [0.1, 0.15) is 78.6 Å². The van der Waals surface area contributed by atoms with Crippen molar-refractivity contribution in [3.8, 4) is 5.75 Å². The van der Waals surface area contributed by atoms with Gasteiger partial charge in [0.15, 0.2) is 20.9 Å². The number of rotatable bonds is 13. The molecule has 236 valence electrons. The van der Waals surface area contributed by atoms with Crippen molar-refractivity contribution in [1.82, 2.24) is 0 Å². The highest BCUT2D eigenvalue weighted by Crippen LogP contribution is 2.47. The summed E-state index contributed by atoms with van der Waals surface area (Å²) in [6, 6.07) is 7.85. The van der Waals surface area contributed by atoms with Gasteiger partial charge in [0.05, 0.1) is 25.4 Å². The second-order valence-corrected chi connectivity index (χ2v) is 19.0. The third-order valence-corrected chi connectivity index (χ3v) is 14.2. The van der Waals surface area contributed by atoms with Crippen molar-refractivity contribution < 1.29 is 32.9 Å². The molecular formula is C33H51BrO7Si. The third kappa shape index (κ3) is 9.38. The number of carbonyl (C=O) groups excluding carboxylic acids is 1. The van der Waals surface area contributed by atoms with Gasteiger partial charge in [0, 0.05) is 42.2 Å². The van der Waals surface area contributed by atoms with E-state index in [1.54, 1.807) is 0 Å². The van der Waals surface area contributed by atoms with E-state index >= 15 is 0 Å². The van der Waals surface area contributed by atoms with Crippen molar-refractivity contribution in [3.05, 3.63) is 40.6 Å². The molecule has 2 unspecified atom stereocenters. The standard InChI is InChI=1S/C33H51BrO7Si/c1-33(2,3)42(4,5)41-28-23-29(40-31-13-7-9-21-38-31)32(26(28)18-19-35)27(39-30-12-6-8-20-37-30)11-10-22-36-25-16-14-24(34)15-17-25/h11,14-17,19,26,28-32H,6-10,12-13,18,20-23H2,1-5H3/b27-11+/t26-,28-,29+,30?,31?,32+/m1/s1. The lowest BCUT2D eigenvalue weighted by atomic mass is 9.88. The van der Waals surface area contributed by atoms with Gasteiger partial charge in [-0.05, 0) is 87.0 Å². The van der Waals surface area contributed by atoms with Gasteiger partial charge in [-0.2, -0.15) is 0 Å².